The summed E-state index contributed by atoms with van der Waals surface area (Å²) in [4.78, 5) is 14.6. The first-order valence-corrected chi connectivity index (χ1v) is 8.07. The fourth-order valence-corrected chi connectivity index (χ4v) is 3.09. The van der Waals surface area contributed by atoms with Crippen LogP contribution >= 0.6 is 24.8 Å². The van der Waals surface area contributed by atoms with Crippen LogP contribution < -0.4 is 15.8 Å². The lowest BCUT2D eigenvalue weighted by molar-refractivity contribution is -0.123. The van der Waals surface area contributed by atoms with Crippen LogP contribution in [0.15, 0.2) is 24.3 Å². The molecule has 2 fully saturated rings. The minimum Gasteiger partial charge on any atom is -0.497 e. The standard InChI is InChI=1S/C17H25N3O2.2ClH/c1-22-14-6-4-5-13(11-14)15(20-9-2-3-10-20)12-19-16(21)17(18)7-8-17;;/h4-6,11,15H,2-3,7-10,12,18H2,1H3,(H,19,21);2*1H. The van der Waals surface area contributed by atoms with Crippen molar-refractivity contribution in [2.75, 3.05) is 26.7 Å². The number of carbonyl (C=O) groups excluding carboxylic acids is 1. The first kappa shape index (κ1) is 21.0. The molecule has 1 saturated heterocycles. The van der Waals surface area contributed by atoms with Gasteiger partial charge in [-0.25, -0.2) is 0 Å². The van der Waals surface area contributed by atoms with E-state index in [1.807, 2.05) is 12.1 Å². The highest BCUT2D eigenvalue weighted by Crippen LogP contribution is 2.33. The van der Waals surface area contributed by atoms with E-state index in [9.17, 15) is 4.79 Å². The van der Waals surface area contributed by atoms with Crippen molar-refractivity contribution in [3.8, 4) is 5.75 Å². The molecule has 5 nitrogen and oxygen atoms in total. The molecule has 0 radical (unpaired) electrons. The third kappa shape index (κ3) is 4.76. The maximum Gasteiger partial charge on any atom is 0.240 e. The maximum atomic E-state index is 12.1. The van der Waals surface area contributed by atoms with Crippen molar-refractivity contribution in [2.24, 2.45) is 5.73 Å². The maximum absolute atomic E-state index is 12.1. The molecule has 1 aromatic rings. The number of nitrogens with zero attached hydrogens (tertiary/aromatic N) is 1. The van der Waals surface area contributed by atoms with Gasteiger partial charge in [0, 0.05) is 6.54 Å². The molecule has 3 rings (SSSR count). The van der Waals surface area contributed by atoms with Crippen LogP contribution in [0.5, 0.6) is 5.75 Å². The van der Waals surface area contributed by atoms with E-state index in [2.05, 4.69) is 22.3 Å². The Morgan fingerprint density at radius 2 is 2.00 bits per heavy atom. The van der Waals surface area contributed by atoms with E-state index in [1.54, 1.807) is 7.11 Å². The zero-order chi connectivity index (χ0) is 15.6. The van der Waals surface area contributed by atoms with Crippen LogP contribution in [0.25, 0.3) is 0 Å². The topological polar surface area (TPSA) is 67.6 Å². The summed E-state index contributed by atoms with van der Waals surface area (Å²) in [5.74, 6) is 0.838. The number of nitrogens with two attached hydrogens (primary N) is 1. The van der Waals surface area contributed by atoms with Crippen LogP contribution in [0.1, 0.15) is 37.3 Å². The molecule has 2 aliphatic rings. The van der Waals surface area contributed by atoms with Gasteiger partial charge in [-0.1, -0.05) is 12.1 Å². The predicted molar refractivity (Wildman–Crippen MR) is 100 cm³/mol. The Morgan fingerprint density at radius 1 is 1.33 bits per heavy atom. The number of hydrogen-bond acceptors (Lipinski definition) is 4. The van der Waals surface area contributed by atoms with Gasteiger partial charge in [-0.3, -0.25) is 9.69 Å². The van der Waals surface area contributed by atoms with Gasteiger partial charge in [-0.05, 0) is 56.5 Å². The number of halogens is 2. The van der Waals surface area contributed by atoms with Crippen LogP contribution in [-0.4, -0.2) is 43.1 Å². The van der Waals surface area contributed by atoms with Crippen molar-refractivity contribution in [3.63, 3.8) is 0 Å². The second kappa shape index (κ2) is 8.90. The monoisotopic (exact) mass is 375 g/mol. The van der Waals surface area contributed by atoms with Gasteiger partial charge >= 0.3 is 0 Å². The lowest BCUT2D eigenvalue weighted by atomic mass is 10.0. The van der Waals surface area contributed by atoms with Crippen molar-refractivity contribution < 1.29 is 9.53 Å². The van der Waals surface area contributed by atoms with Crippen LogP contribution in [0.2, 0.25) is 0 Å². The molecule has 0 spiro atoms. The second-order valence-electron chi connectivity index (χ2n) is 6.40. The Bertz CT molecular complexity index is 546. The summed E-state index contributed by atoms with van der Waals surface area (Å²) in [5, 5.41) is 3.05. The molecule has 1 aliphatic heterocycles. The summed E-state index contributed by atoms with van der Waals surface area (Å²) in [6, 6.07) is 8.30. The molecule has 136 valence electrons. The number of methoxy groups -OCH3 is 1. The van der Waals surface area contributed by atoms with Crippen LogP contribution in [0.4, 0.5) is 0 Å². The summed E-state index contributed by atoms with van der Waals surface area (Å²) < 4.78 is 5.33. The minimum absolute atomic E-state index is 0. The Hall–Kier alpha value is -1.01. The molecule has 1 saturated carbocycles. The number of nitrogens with one attached hydrogen (secondary N) is 1. The Morgan fingerprint density at radius 3 is 2.58 bits per heavy atom. The predicted octanol–water partition coefficient (Wildman–Crippen LogP) is 2.28. The van der Waals surface area contributed by atoms with Gasteiger partial charge < -0.3 is 15.8 Å². The van der Waals surface area contributed by atoms with E-state index < -0.39 is 5.54 Å². The van der Waals surface area contributed by atoms with E-state index in [0.29, 0.717) is 6.54 Å². The zero-order valence-corrected chi connectivity index (χ0v) is 15.6. The summed E-state index contributed by atoms with van der Waals surface area (Å²) >= 11 is 0. The van der Waals surface area contributed by atoms with Gasteiger partial charge in [0.1, 0.15) is 5.75 Å². The van der Waals surface area contributed by atoms with E-state index >= 15 is 0 Å². The average molecular weight is 376 g/mol. The summed E-state index contributed by atoms with van der Waals surface area (Å²) in [6.45, 7) is 2.75. The molecule has 1 atom stereocenters. The van der Waals surface area contributed by atoms with Crippen molar-refractivity contribution in [3.05, 3.63) is 29.8 Å². The SMILES string of the molecule is COc1cccc(C(CNC(=O)C2(N)CC2)N2CCCC2)c1.Cl.Cl. The average Bonchev–Trinajstić information content (AvgIpc) is 3.08. The molecule has 1 aliphatic carbocycles. The molecule has 1 amide bonds. The molecule has 0 aromatic heterocycles. The molecule has 0 bridgehead atoms. The third-order valence-corrected chi connectivity index (χ3v) is 4.76. The van der Waals surface area contributed by atoms with Crippen molar-refractivity contribution in [1.29, 1.82) is 0 Å². The summed E-state index contributed by atoms with van der Waals surface area (Å²) in [5.41, 5.74) is 6.54. The number of ether oxygens (including phenoxy) is 1. The smallest absolute Gasteiger partial charge is 0.240 e. The minimum atomic E-state index is -0.607. The Balaban J connectivity index is 0.00000144. The van der Waals surface area contributed by atoms with Gasteiger partial charge in [0.05, 0.1) is 18.7 Å². The molecule has 1 unspecified atom stereocenters. The fraction of sp³-hybridized carbons (Fsp3) is 0.588. The van der Waals surface area contributed by atoms with Crippen LogP contribution in [-0.2, 0) is 4.79 Å². The highest BCUT2D eigenvalue weighted by Gasteiger charge is 2.46. The first-order valence-electron chi connectivity index (χ1n) is 8.07. The number of benzene rings is 1. The van der Waals surface area contributed by atoms with Gasteiger partial charge in [-0.15, -0.1) is 24.8 Å². The van der Waals surface area contributed by atoms with E-state index in [1.165, 1.54) is 18.4 Å². The normalized spacial score (nSPS) is 19.6. The molecule has 24 heavy (non-hydrogen) atoms. The van der Waals surface area contributed by atoms with E-state index in [4.69, 9.17) is 10.5 Å². The summed E-state index contributed by atoms with van der Waals surface area (Å²) in [7, 11) is 1.68. The van der Waals surface area contributed by atoms with Gasteiger partial charge in [0.25, 0.3) is 0 Å². The van der Waals surface area contributed by atoms with Crippen molar-refractivity contribution in [2.45, 2.75) is 37.3 Å². The Labute approximate surface area is 156 Å². The van der Waals surface area contributed by atoms with Crippen molar-refractivity contribution in [1.82, 2.24) is 10.2 Å². The largest absolute Gasteiger partial charge is 0.497 e. The third-order valence-electron chi connectivity index (χ3n) is 4.76. The lowest BCUT2D eigenvalue weighted by Crippen LogP contribution is -2.46. The highest BCUT2D eigenvalue weighted by molar-refractivity contribution is 5.89. The van der Waals surface area contributed by atoms with Crippen LogP contribution in [0.3, 0.4) is 0 Å². The quantitative estimate of drug-likeness (QED) is 0.800. The zero-order valence-electron chi connectivity index (χ0n) is 14.0. The van der Waals surface area contributed by atoms with Gasteiger partial charge in [-0.2, -0.15) is 0 Å². The molecule has 7 heteroatoms. The fourth-order valence-electron chi connectivity index (χ4n) is 3.09. The molecule has 3 N–H and O–H groups in total. The van der Waals surface area contributed by atoms with Crippen molar-refractivity contribution >= 4 is 30.7 Å². The van der Waals surface area contributed by atoms with Gasteiger partial charge in [0.15, 0.2) is 0 Å². The van der Waals surface area contributed by atoms with E-state index in [-0.39, 0.29) is 36.8 Å². The number of carbonyl (C=O) groups is 1. The lowest BCUT2D eigenvalue weighted by Gasteiger charge is -2.29. The number of rotatable bonds is 6. The molecular formula is C17H27Cl2N3O2. The molecular weight excluding hydrogens is 349 g/mol. The molecule has 1 heterocycles. The van der Waals surface area contributed by atoms with E-state index in [0.717, 1.165) is 31.7 Å². The Kier molecular flexibility index (Phi) is 7.80. The number of likely N-dealkylation sites (tertiary alicyclic amines) is 1. The number of hydrogen-bond donors (Lipinski definition) is 2. The first-order chi connectivity index (χ1) is 10.6. The van der Waals surface area contributed by atoms with Gasteiger partial charge in [0.2, 0.25) is 5.91 Å². The summed E-state index contributed by atoms with van der Waals surface area (Å²) in [6.07, 6.45) is 4.03. The molecule has 1 aromatic carbocycles. The highest BCUT2D eigenvalue weighted by atomic mass is 35.5. The number of amides is 1. The second-order valence-corrected chi connectivity index (χ2v) is 6.40. The van der Waals surface area contributed by atoms with Crippen LogP contribution in [0, 0.1) is 0 Å².